The van der Waals surface area contributed by atoms with Crippen LogP contribution in [0.3, 0.4) is 0 Å². The van der Waals surface area contributed by atoms with Crippen LogP contribution in [0.4, 0.5) is 10.1 Å². The SMILES string of the molecule is C[C@H](c1ccc(F)cc1)N(C)CC(=O)N1C[C@H](C(N)=O)Oc2ccccc21. The molecule has 0 unspecified atom stereocenters. The Labute approximate surface area is 157 Å². The van der Waals surface area contributed by atoms with E-state index < -0.39 is 12.0 Å². The minimum Gasteiger partial charge on any atom is -0.477 e. The van der Waals surface area contributed by atoms with Gasteiger partial charge in [-0.2, -0.15) is 0 Å². The molecule has 2 amide bonds. The molecule has 0 aromatic heterocycles. The van der Waals surface area contributed by atoms with Gasteiger partial charge in [-0.05, 0) is 43.8 Å². The van der Waals surface area contributed by atoms with Crippen LogP contribution < -0.4 is 15.4 Å². The van der Waals surface area contributed by atoms with Crippen molar-refractivity contribution in [3.8, 4) is 5.75 Å². The molecule has 2 aromatic carbocycles. The van der Waals surface area contributed by atoms with Gasteiger partial charge in [-0.25, -0.2) is 4.39 Å². The van der Waals surface area contributed by atoms with E-state index >= 15 is 0 Å². The van der Waals surface area contributed by atoms with Crippen molar-refractivity contribution in [1.82, 2.24) is 4.90 Å². The second-order valence-corrected chi connectivity index (χ2v) is 6.62. The summed E-state index contributed by atoms with van der Waals surface area (Å²) in [6.07, 6.45) is -0.885. The van der Waals surface area contributed by atoms with E-state index in [1.807, 2.05) is 18.9 Å². The van der Waals surface area contributed by atoms with Crippen LogP contribution in [0.25, 0.3) is 0 Å². The van der Waals surface area contributed by atoms with Crippen LogP contribution in [0, 0.1) is 5.82 Å². The second-order valence-electron chi connectivity index (χ2n) is 6.62. The highest BCUT2D eigenvalue weighted by Gasteiger charge is 2.33. The van der Waals surface area contributed by atoms with Crippen molar-refractivity contribution in [1.29, 1.82) is 0 Å². The molecule has 0 saturated heterocycles. The fourth-order valence-electron chi connectivity index (χ4n) is 3.05. The molecular weight excluding hydrogens is 349 g/mol. The van der Waals surface area contributed by atoms with Gasteiger partial charge < -0.3 is 15.4 Å². The lowest BCUT2D eigenvalue weighted by molar-refractivity contribution is -0.125. The number of fused-ring (bicyclic) bond motifs is 1. The quantitative estimate of drug-likeness (QED) is 0.873. The summed E-state index contributed by atoms with van der Waals surface area (Å²) in [6.45, 7) is 2.14. The summed E-state index contributed by atoms with van der Waals surface area (Å²) in [5, 5.41) is 0. The molecule has 0 fully saturated rings. The Morgan fingerprint density at radius 3 is 2.59 bits per heavy atom. The van der Waals surface area contributed by atoms with Crippen molar-refractivity contribution in [3.63, 3.8) is 0 Å². The van der Waals surface area contributed by atoms with Crippen LogP contribution in [-0.4, -0.2) is 43.0 Å². The number of hydrogen-bond acceptors (Lipinski definition) is 4. The van der Waals surface area contributed by atoms with Crippen LogP contribution in [0.15, 0.2) is 48.5 Å². The summed E-state index contributed by atoms with van der Waals surface area (Å²) >= 11 is 0. The van der Waals surface area contributed by atoms with E-state index in [0.717, 1.165) is 5.56 Å². The Morgan fingerprint density at radius 1 is 1.26 bits per heavy atom. The molecule has 2 aromatic rings. The van der Waals surface area contributed by atoms with Crippen LogP contribution in [0.2, 0.25) is 0 Å². The number of benzene rings is 2. The number of para-hydroxylation sites is 2. The number of primary amides is 1. The molecule has 1 aliphatic heterocycles. The molecule has 2 N–H and O–H groups in total. The second kappa shape index (κ2) is 7.75. The fraction of sp³-hybridized carbons (Fsp3) is 0.300. The molecular formula is C20H22FN3O3. The molecule has 3 rings (SSSR count). The van der Waals surface area contributed by atoms with Crippen LogP contribution >= 0.6 is 0 Å². The third kappa shape index (κ3) is 4.09. The highest BCUT2D eigenvalue weighted by molar-refractivity contribution is 5.98. The van der Waals surface area contributed by atoms with Crippen molar-refractivity contribution in [2.75, 3.05) is 25.0 Å². The number of halogens is 1. The first kappa shape index (κ1) is 18.8. The highest BCUT2D eigenvalue weighted by Crippen LogP contribution is 2.33. The van der Waals surface area contributed by atoms with Gasteiger partial charge in [0.05, 0.1) is 18.8 Å². The van der Waals surface area contributed by atoms with Gasteiger partial charge in [0.15, 0.2) is 6.10 Å². The third-order valence-corrected chi connectivity index (χ3v) is 4.79. The lowest BCUT2D eigenvalue weighted by Crippen LogP contribution is -2.51. The van der Waals surface area contributed by atoms with Gasteiger partial charge in [-0.1, -0.05) is 24.3 Å². The Morgan fingerprint density at radius 2 is 1.93 bits per heavy atom. The number of likely N-dealkylation sites (N-methyl/N-ethyl adjacent to an activating group) is 1. The maximum Gasteiger partial charge on any atom is 0.260 e. The van der Waals surface area contributed by atoms with Crippen molar-refractivity contribution in [2.24, 2.45) is 5.73 Å². The zero-order valence-electron chi connectivity index (χ0n) is 15.3. The maximum absolute atomic E-state index is 13.1. The number of nitrogens with two attached hydrogens (primary N) is 1. The van der Waals surface area contributed by atoms with Gasteiger partial charge in [0.25, 0.3) is 5.91 Å². The minimum absolute atomic E-state index is 0.0734. The molecule has 0 radical (unpaired) electrons. The fourth-order valence-corrected chi connectivity index (χ4v) is 3.05. The summed E-state index contributed by atoms with van der Waals surface area (Å²) in [5.41, 5.74) is 6.90. The molecule has 1 heterocycles. The van der Waals surface area contributed by atoms with E-state index in [0.29, 0.717) is 11.4 Å². The Hall–Kier alpha value is -2.93. The lowest BCUT2D eigenvalue weighted by Gasteiger charge is -2.35. The summed E-state index contributed by atoms with van der Waals surface area (Å²) in [7, 11) is 1.82. The van der Waals surface area contributed by atoms with E-state index in [1.165, 1.54) is 17.0 Å². The number of nitrogens with zero attached hydrogens (tertiary/aromatic N) is 2. The average Bonchev–Trinajstić information content (AvgIpc) is 2.66. The van der Waals surface area contributed by atoms with E-state index in [4.69, 9.17) is 10.5 Å². The predicted molar refractivity (Wildman–Crippen MR) is 99.9 cm³/mol. The van der Waals surface area contributed by atoms with Crippen molar-refractivity contribution >= 4 is 17.5 Å². The first-order chi connectivity index (χ1) is 12.9. The zero-order valence-corrected chi connectivity index (χ0v) is 15.3. The molecule has 0 spiro atoms. The normalized spacial score (nSPS) is 17.2. The van der Waals surface area contributed by atoms with E-state index in [2.05, 4.69) is 0 Å². The van der Waals surface area contributed by atoms with Crippen molar-refractivity contribution in [3.05, 3.63) is 59.9 Å². The topological polar surface area (TPSA) is 75.9 Å². The van der Waals surface area contributed by atoms with E-state index in [9.17, 15) is 14.0 Å². The summed E-state index contributed by atoms with van der Waals surface area (Å²) < 4.78 is 18.7. The minimum atomic E-state index is -0.885. The van der Waals surface area contributed by atoms with Gasteiger partial charge in [-0.15, -0.1) is 0 Å². The van der Waals surface area contributed by atoms with Crippen LogP contribution in [0.5, 0.6) is 5.75 Å². The van der Waals surface area contributed by atoms with Crippen molar-refractivity contribution in [2.45, 2.75) is 19.1 Å². The number of carbonyl (C=O) groups excluding carboxylic acids is 2. The van der Waals surface area contributed by atoms with E-state index in [-0.39, 0.29) is 30.9 Å². The van der Waals surface area contributed by atoms with Crippen LogP contribution in [-0.2, 0) is 9.59 Å². The summed E-state index contributed by atoms with van der Waals surface area (Å²) in [6, 6.07) is 13.2. The first-order valence-corrected chi connectivity index (χ1v) is 8.68. The van der Waals surface area contributed by atoms with Gasteiger partial charge in [0.2, 0.25) is 5.91 Å². The molecule has 2 atom stereocenters. The van der Waals surface area contributed by atoms with Gasteiger partial charge >= 0.3 is 0 Å². The lowest BCUT2D eigenvalue weighted by atomic mass is 10.1. The maximum atomic E-state index is 13.1. The van der Waals surface area contributed by atoms with E-state index in [1.54, 1.807) is 36.4 Å². The van der Waals surface area contributed by atoms with Crippen LogP contribution in [0.1, 0.15) is 18.5 Å². The van der Waals surface area contributed by atoms with Gasteiger partial charge in [0, 0.05) is 6.04 Å². The number of hydrogen-bond donors (Lipinski definition) is 1. The molecule has 27 heavy (non-hydrogen) atoms. The molecule has 7 heteroatoms. The highest BCUT2D eigenvalue weighted by atomic mass is 19.1. The molecule has 0 bridgehead atoms. The number of ether oxygens (including phenoxy) is 1. The monoisotopic (exact) mass is 371 g/mol. The standard InChI is InChI=1S/C20H22FN3O3/c1-13(14-7-9-15(21)10-8-14)23(2)12-19(25)24-11-18(20(22)26)27-17-6-4-3-5-16(17)24/h3-10,13,18H,11-12H2,1-2H3,(H2,22,26)/t13-,18-/m1/s1. The molecule has 1 aliphatic rings. The summed E-state index contributed by atoms with van der Waals surface area (Å²) in [5.74, 6) is -0.633. The summed E-state index contributed by atoms with van der Waals surface area (Å²) in [4.78, 5) is 27.9. The number of carbonyl (C=O) groups is 2. The Balaban J connectivity index is 1.76. The largest absolute Gasteiger partial charge is 0.477 e. The molecule has 0 saturated carbocycles. The zero-order chi connectivity index (χ0) is 19.6. The predicted octanol–water partition coefficient (Wildman–Crippen LogP) is 2.10. The number of rotatable bonds is 5. The third-order valence-electron chi connectivity index (χ3n) is 4.79. The van der Waals surface area contributed by atoms with Gasteiger partial charge in [-0.3, -0.25) is 14.5 Å². The smallest absolute Gasteiger partial charge is 0.260 e. The van der Waals surface area contributed by atoms with Crippen molar-refractivity contribution < 1.29 is 18.7 Å². The van der Waals surface area contributed by atoms with Gasteiger partial charge in [0.1, 0.15) is 11.6 Å². The molecule has 0 aliphatic carbocycles. The number of amides is 2. The molecule has 142 valence electrons. The Bertz CT molecular complexity index is 841. The Kier molecular flexibility index (Phi) is 5.41. The number of anilines is 1. The average molecular weight is 371 g/mol. The first-order valence-electron chi connectivity index (χ1n) is 8.68. The molecule has 6 nitrogen and oxygen atoms in total.